The summed E-state index contributed by atoms with van der Waals surface area (Å²) in [5, 5.41) is 4.25. The number of carbonyl (C=O) groups is 1. The van der Waals surface area contributed by atoms with Gasteiger partial charge in [0.2, 0.25) is 0 Å². The molecule has 1 heterocycles. The molecule has 3 heteroatoms. The van der Waals surface area contributed by atoms with Gasteiger partial charge in [-0.2, -0.15) is 0 Å². The van der Waals surface area contributed by atoms with E-state index >= 15 is 0 Å². The van der Waals surface area contributed by atoms with Crippen molar-refractivity contribution in [2.75, 3.05) is 0 Å². The zero-order chi connectivity index (χ0) is 14.9. The normalized spacial score (nSPS) is 17.2. The van der Waals surface area contributed by atoms with Crippen molar-refractivity contribution < 1.29 is 4.79 Å². The number of nitrogens with one attached hydrogen (secondary N) is 2. The Kier molecular flexibility index (Phi) is 3.19. The Morgan fingerprint density at radius 1 is 1.09 bits per heavy atom. The van der Waals surface area contributed by atoms with E-state index in [1.807, 2.05) is 36.4 Å². The van der Waals surface area contributed by atoms with E-state index in [2.05, 4.69) is 28.5 Å². The van der Waals surface area contributed by atoms with E-state index in [4.69, 9.17) is 0 Å². The Bertz CT molecular complexity index is 801. The van der Waals surface area contributed by atoms with Crippen LogP contribution in [0.15, 0.2) is 54.6 Å². The van der Waals surface area contributed by atoms with Gasteiger partial charge in [-0.25, -0.2) is 0 Å². The number of aryl methyl sites for hydroxylation is 1. The smallest absolute Gasteiger partial charge is 0.268 e. The van der Waals surface area contributed by atoms with Crippen molar-refractivity contribution in [3.05, 3.63) is 71.4 Å². The zero-order valence-corrected chi connectivity index (χ0v) is 12.3. The fraction of sp³-hybridized carbons (Fsp3) is 0.211. The molecular weight excluding hydrogens is 272 g/mol. The lowest BCUT2D eigenvalue weighted by molar-refractivity contribution is 0.0928. The maximum Gasteiger partial charge on any atom is 0.268 e. The summed E-state index contributed by atoms with van der Waals surface area (Å²) in [6, 6.07) is 18.4. The molecule has 1 atom stereocenters. The molecule has 0 fully saturated rings. The molecule has 0 spiro atoms. The average molecular weight is 290 g/mol. The minimum absolute atomic E-state index is 0.0297. The van der Waals surface area contributed by atoms with Crippen LogP contribution in [0.25, 0.3) is 10.9 Å². The monoisotopic (exact) mass is 290 g/mol. The van der Waals surface area contributed by atoms with Crippen molar-refractivity contribution in [1.82, 2.24) is 10.3 Å². The van der Waals surface area contributed by atoms with E-state index in [1.54, 1.807) is 0 Å². The number of amides is 1. The van der Waals surface area contributed by atoms with Gasteiger partial charge < -0.3 is 10.3 Å². The summed E-state index contributed by atoms with van der Waals surface area (Å²) < 4.78 is 0. The Morgan fingerprint density at radius 2 is 1.91 bits per heavy atom. The molecule has 2 N–H and O–H groups in total. The van der Waals surface area contributed by atoms with Crippen LogP contribution in [0, 0.1) is 0 Å². The second-order valence-electron chi connectivity index (χ2n) is 5.89. The van der Waals surface area contributed by atoms with Gasteiger partial charge in [0.1, 0.15) is 5.69 Å². The van der Waals surface area contributed by atoms with Crippen LogP contribution >= 0.6 is 0 Å². The van der Waals surface area contributed by atoms with Crippen LogP contribution < -0.4 is 5.32 Å². The molecule has 1 aliphatic carbocycles. The molecule has 0 saturated carbocycles. The van der Waals surface area contributed by atoms with E-state index in [0.29, 0.717) is 5.69 Å². The first-order chi connectivity index (χ1) is 10.8. The summed E-state index contributed by atoms with van der Waals surface area (Å²) in [6.07, 6.45) is 3.23. The SMILES string of the molecule is O=C(N[C@H]1CCCc2ccccc21)c1cc2ccccc2[nH]1. The third-order valence-electron chi connectivity index (χ3n) is 4.45. The molecule has 0 bridgehead atoms. The summed E-state index contributed by atoms with van der Waals surface area (Å²) in [5.41, 5.74) is 4.25. The van der Waals surface area contributed by atoms with Crippen molar-refractivity contribution in [3.8, 4) is 0 Å². The molecule has 3 nitrogen and oxygen atoms in total. The molecule has 1 aromatic heterocycles. The van der Waals surface area contributed by atoms with E-state index < -0.39 is 0 Å². The van der Waals surface area contributed by atoms with Crippen LogP contribution in [0.3, 0.4) is 0 Å². The van der Waals surface area contributed by atoms with Gasteiger partial charge in [0.05, 0.1) is 6.04 Å². The highest BCUT2D eigenvalue weighted by molar-refractivity contribution is 5.98. The number of aromatic nitrogens is 1. The van der Waals surface area contributed by atoms with Crippen molar-refractivity contribution >= 4 is 16.8 Å². The predicted octanol–water partition coefficient (Wildman–Crippen LogP) is 3.98. The molecule has 0 aliphatic heterocycles. The Labute approximate surface area is 129 Å². The number of hydrogen-bond acceptors (Lipinski definition) is 1. The lowest BCUT2D eigenvalue weighted by Crippen LogP contribution is -2.31. The van der Waals surface area contributed by atoms with Gasteiger partial charge in [-0.1, -0.05) is 42.5 Å². The van der Waals surface area contributed by atoms with E-state index in [0.717, 1.165) is 30.2 Å². The highest BCUT2D eigenvalue weighted by atomic mass is 16.1. The highest BCUT2D eigenvalue weighted by Crippen LogP contribution is 2.29. The first-order valence-electron chi connectivity index (χ1n) is 7.78. The van der Waals surface area contributed by atoms with E-state index in [1.165, 1.54) is 11.1 Å². The molecule has 0 unspecified atom stereocenters. The van der Waals surface area contributed by atoms with Gasteiger partial charge in [-0.15, -0.1) is 0 Å². The van der Waals surface area contributed by atoms with Crippen molar-refractivity contribution in [2.45, 2.75) is 25.3 Å². The minimum Gasteiger partial charge on any atom is -0.351 e. The fourth-order valence-corrected chi connectivity index (χ4v) is 3.34. The molecule has 0 radical (unpaired) electrons. The van der Waals surface area contributed by atoms with E-state index in [-0.39, 0.29) is 11.9 Å². The largest absolute Gasteiger partial charge is 0.351 e. The maximum absolute atomic E-state index is 12.5. The molecule has 3 aromatic rings. The summed E-state index contributed by atoms with van der Waals surface area (Å²) >= 11 is 0. The summed E-state index contributed by atoms with van der Waals surface area (Å²) in [4.78, 5) is 15.7. The Hall–Kier alpha value is -2.55. The summed E-state index contributed by atoms with van der Waals surface area (Å²) in [6.45, 7) is 0. The van der Waals surface area contributed by atoms with Crippen LogP contribution in [0.4, 0.5) is 0 Å². The quantitative estimate of drug-likeness (QED) is 0.737. The lowest BCUT2D eigenvalue weighted by Gasteiger charge is -2.26. The second-order valence-corrected chi connectivity index (χ2v) is 5.89. The van der Waals surface area contributed by atoms with Crippen molar-refractivity contribution in [1.29, 1.82) is 0 Å². The molecule has 110 valence electrons. The van der Waals surface area contributed by atoms with Crippen LogP contribution in [0.1, 0.15) is 40.5 Å². The van der Waals surface area contributed by atoms with Gasteiger partial charge in [0, 0.05) is 10.9 Å². The summed E-state index contributed by atoms with van der Waals surface area (Å²) in [7, 11) is 0. The van der Waals surface area contributed by atoms with Gasteiger partial charge in [0.25, 0.3) is 5.91 Å². The van der Waals surface area contributed by atoms with Crippen LogP contribution in [-0.2, 0) is 6.42 Å². The first-order valence-corrected chi connectivity index (χ1v) is 7.78. The van der Waals surface area contributed by atoms with Crippen LogP contribution in [0.5, 0.6) is 0 Å². The minimum atomic E-state index is -0.0297. The van der Waals surface area contributed by atoms with Crippen LogP contribution in [-0.4, -0.2) is 10.9 Å². The number of benzene rings is 2. The predicted molar refractivity (Wildman–Crippen MR) is 87.9 cm³/mol. The van der Waals surface area contributed by atoms with E-state index in [9.17, 15) is 4.79 Å². The Balaban J connectivity index is 1.60. The molecular formula is C19H18N2O. The van der Waals surface area contributed by atoms with Crippen LogP contribution in [0.2, 0.25) is 0 Å². The maximum atomic E-state index is 12.5. The lowest BCUT2D eigenvalue weighted by atomic mass is 9.88. The zero-order valence-electron chi connectivity index (χ0n) is 12.3. The van der Waals surface area contributed by atoms with Gasteiger partial charge >= 0.3 is 0 Å². The van der Waals surface area contributed by atoms with Gasteiger partial charge in [-0.3, -0.25) is 4.79 Å². The van der Waals surface area contributed by atoms with Crippen molar-refractivity contribution in [2.24, 2.45) is 0 Å². The molecule has 1 aliphatic rings. The summed E-state index contributed by atoms with van der Waals surface area (Å²) in [5.74, 6) is -0.0297. The van der Waals surface area contributed by atoms with Gasteiger partial charge in [0.15, 0.2) is 0 Å². The number of hydrogen-bond donors (Lipinski definition) is 2. The number of fused-ring (bicyclic) bond motifs is 2. The molecule has 4 rings (SSSR count). The fourth-order valence-electron chi connectivity index (χ4n) is 3.34. The average Bonchev–Trinajstić information content (AvgIpc) is 2.99. The molecule has 0 saturated heterocycles. The highest BCUT2D eigenvalue weighted by Gasteiger charge is 2.22. The number of aromatic amines is 1. The third kappa shape index (κ3) is 2.29. The number of rotatable bonds is 2. The van der Waals surface area contributed by atoms with Crippen molar-refractivity contribution in [3.63, 3.8) is 0 Å². The van der Waals surface area contributed by atoms with Gasteiger partial charge in [-0.05, 0) is 42.5 Å². The molecule has 1 amide bonds. The Morgan fingerprint density at radius 3 is 2.82 bits per heavy atom. The number of H-pyrrole nitrogens is 1. The second kappa shape index (κ2) is 5.34. The number of para-hydroxylation sites is 1. The standard InChI is InChI=1S/C19H18N2O/c22-19(18-12-14-7-2-4-10-16(14)20-18)21-17-11-5-8-13-6-1-3-9-15(13)17/h1-4,6-7,9-10,12,17,20H,5,8,11H2,(H,21,22)/t17-/m0/s1. The number of carbonyl (C=O) groups excluding carboxylic acids is 1. The molecule has 22 heavy (non-hydrogen) atoms. The molecule has 2 aromatic carbocycles. The first kappa shape index (κ1) is 13.1. The topological polar surface area (TPSA) is 44.9 Å². The third-order valence-corrected chi connectivity index (χ3v) is 4.45.